The third kappa shape index (κ3) is 5.79. The van der Waals surface area contributed by atoms with Crippen LogP contribution in [0.3, 0.4) is 0 Å². The molecule has 268 valence electrons. The second-order valence-electron chi connectivity index (χ2n) is 15.7. The summed E-state index contributed by atoms with van der Waals surface area (Å²) in [5.41, 5.74) is 11.6. The average Bonchev–Trinajstić information content (AvgIpc) is 3.22. The van der Waals surface area contributed by atoms with Crippen molar-refractivity contribution in [1.82, 2.24) is 0 Å². The van der Waals surface area contributed by atoms with Gasteiger partial charge in [-0.1, -0.05) is 155 Å². The van der Waals surface area contributed by atoms with E-state index in [2.05, 4.69) is 207 Å². The fraction of sp³-hybridized carbons (Fsp3) is 0.115. The Bertz CT molecular complexity index is 2640. The summed E-state index contributed by atoms with van der Waals surface area (Å²) in [6.45, 7) is 9.22. The SMILES string of the molecule is CC(C)(C)C1(C)c2ccccc2N(c2cccc3ccccc23)c2cc(F)c(-c3ccc(N(c4ccccc4)c4ccc(-c5ccccc5)cc4)cc3)cc21. The second kappa shape index (κ2) is 13.4. The van der Waals surface area contributed by atoms with Gasteiger partial charge in [-0.25, -0.2) is 4.39 Å². The van der Waals surface area contributed by atoms with E-state index >= 15 is 4.39 Å². The molecule has 3 heteroatoms. The molecule has 0 N–H and O–H groups in total. The van der Waals surface area contributed by atoms with Gasteiger partial charge in [0.25, 0.3) is 0 Å². The third-order valence-corrected chi connectivity index (χ3v) is 11.7. The largest absolute Gasteiger partial charge is 0.311 e. The lowest BCUT2D eigenvalue weighted by Gasteiger charge is -2.50. The van der Waals surface area contributed by atoms with Gasteiger partial charge < -0.3 is 9.80 Å². The average molecular weight is 715 g/mol. The van der Waals surface area contributed by atoms with Crippen molar-refractivity contribution >= 4 is 44.9 Å². The van der Waals surface area contributed by atoms with Crippen LogP contribution in [0.15, 0.2) is 188 Å². The van der Waals surface area contributed by atoms with Gasteiger partial charge in [0.05, 0.1) is 17.1 Å². The molecule has 0 fully saturated rings. The van der Waals surface area contributed by atoms with E-state index in [9.17, 15) is 0 Å². The van der Waals surface area contributed by atoms with E-state index in [1.165, 1.54) is 16.7 Å². The molecule has 0 aromatic heterocycles. The predicted molar refractivity (Wildman–Crippen MR) is 230 cm³/mol. The number of hydrogen-bond donors (Lipinski definition) is 0. The standard InChI is InChI=1S/C52H43FN2/c1-51(2,3)52(4)45-23-13-14-24-49(45)55(48-25-15-19-38-18-11-12-22-43(38)48)50-35-47(53)44(34-46(50)52)39-28-32-42(33-29-39)54(40-20-9-6-10-21-40)41-30-26-37(27-31-41)36-16-7-5-8-17-36/h5-35H,1-4H3. The molecule has 55 heavy (non-hydrogen) atoms. The summed E-state index contributed by atoms with van der Waals surface area (Å²) in [5.74, 6) is -0.246. The van der Waals surface area contributed by atoms with Gasteiger partial charge in [0.2, 0.25) is 0 Å². The Hall–Kier alpha value is -6.45. The lowest BCUT2D eigenvalue weighted by Crippen LogP contribution is -2.43. The van der Waals surface area contributed by atoms with E-state index in [0.29, 0.717) is 5.56 Å². The third-order valence-electron chi connectivity index (χ3n) is 11.7. The number of para-hydroxylation sites is 2. The van der Waals surface area contributed by atoms with Crippen LogP contribution in [-0.4, -0.2) is 0 Å². The molecule has 1 aliphatic rings. The van der Waals surface area contributed by atoms with Gasteiger partial charge in [0.15, 0.2) is 0 Å². The van der Waals surface area contributed by atoms with Crippen molar-refractivity contribution in [2.75, 3.05) is 9.80 Å². The number of nitrogens with zero attached hydrogens (tertiary/aromatic N) is 2. The Morgan fingerprint density at radius 3 is 1.69 bits per heavy atom. The van der Waals surface area contributed by atoms with E-state index in [1.807, 2.05) is 12.1 Å². The predicted octanol–water partition coefficient (Wildman–Crippen LogP) is 14.9. The van der Waals surface area contributed by atoms with E-state index in [0.717, 1.165) is 56.0 Å². The van der Waals surface area contributed by atoms with Gasteiger partial charge in [0.1, 0.15) is 5.82 Å². The summed E-state index contributed by atoms with van der Waals surface area (Å²) in [4.78, 5) is 4.52. The summed E-state index contributed by atoms with van der Waals surface area (Å²) in [7, 11) is 0. The molecule has 2 nitrogen and oxygen atoms in total. The number of anilines is 6. The first-order valence-electron chi connectivity index (χ1n) is 19.0. The van der Waals surface area contributed by atoms with Gasteiger partial charge in [-0.05, 0) is 99.3 Å². The molecule has 0 saturated heterocycles. The van der Waals surface area contributed by atoms with Gasteiger partial charge in [-0.15, -0.1) is 0 Å². The van der Waals surface area contributed by atoms with Crippen LogP contribution in [0.2, 0.25) is 0 Å². The first-order chi connectivity index (χ1) is 26.7. The van der Waals surface area contributed by atoms with Crippen molar-refractivity contribution in [3.63, 3.8) is 0 Å². The summed E-state index contributed by atoms with van der Waals surface area (Å²) in [6.07, 6.45) is 0. The van der Waals surface area contributed by atoms with Crippen molar-refractivity contribution in [2.45, 2.75) is 33.1 Å². The molecular formula is C52H43FN2. The Morgan fingerprint density at radius 2 is 1.00 bits per heavy atom. The van der Waals surface area contributed by atoms with Gasteiger partial charge in [-0.3, -0.25) is 0 Å². The fourth-order valence-electron chi connectivity index (χ4n) is 8.45. The zero-order valence-corrected chi connectivity index (χ0v) is 31.7. The maximum absolute atomic E-state index is 16.9. The molecule has 0 spiro atoms. The summed E-state index contributed by atoms with van der Waals surface area (Å²) < 4.78 is 16.9. The number of fused-ring (bicyclic) bond motifs is 3. The molecule has 0 aliphatic carbocycles. The molecule has 0 radical (unpaired) electrons. The molecule has 0 bridgehead atoms. The number of hydrogen-bond acceptors (Lipinski definition) is 2. The topological polar surface area (TPSA) is 6.48 Å². The molecule has 9 rings (SSSR count). The quantitative estimate of drug-likeness (QED) is 0.169. The summed E-state index contributed by atoms with van der Waals surface area (Å²) in [6, 6.07) is 65.2. The lowest BCUT2D eigenvalue weighted by molar-refractivity contribution is 0.248. The highest BCUT2D eigenvalue weighted by Gasteiger charge is 2.48. The highest BCUT2D eigenvalue weighted by atomic mass is 19.1. The van der Waals surface area contributed by atoms with E-state index in [4.69, 9.17) is 0 Å². The first kappa shape index (κ1) is 34.3. The number of rotatable bonds is 6. The van der Waals surface area contributed by atoms with E-state index < -0.39 is 5.41 Å². The number of halogens is 1. The molecule has 0 amide bonds. The van der Waals surface area contributed by atoms with Crippen LogP contribution < -0.4 is 9.80 Å². The molecule has 1 atom stereocenters. The zero-order valence-electron chi connectivity index (χ0n) is 31.7. The molecule has 1 aliphatic heterocycles. The van der Waals surface area contributed by atoms with E-state index in [-0.39, 0.29) is 11.2 Å². The van der Waals surface area contributed by atoms with Crippen molar-refractivity contribution in [2.24, 2.45) is 5.41 Å². The Balaban J connectivity index is 1.17. The van der Waals surface area contributed by atoms with Crippen molar-refractivity contribution in [3.8, 4) is 22.3 Å². The summed E-state index contributed by atoms with van der Waals surface area (Å²) >= 11 is 0. The summed E-state index contributed by atoms with van der Waals surface area (Å²) in [5, 5.41) is 2.28. The highest BCUT2D eigenvalue weighted by Crippen LogP contribution is 2.59. The van der Waals surface area contributed by atoms with Crippen molar-refractivity contribution in [3.05, 3.63) is 205 Å². The minimum absolute atomic E-state index is 0.187. The maximum Gasteiger partial charge on any atom is 0.133 e. The van der Waals surface area contributed by atoms with Crippen molar-refractivity contribution in [1.29, 1.82) is 0 Å². The van der Waals surface area contributed by atoms with Crippen LogP contribution in [0.25, 0.3) is 33.0 Å². The smallest absolute Gasteiger partial charge is 0.133 e. The van der Waals surface area contributed by atoms with Gasteiger partial charge >= 0.3 is 0 Å². The second-order valence-corrected chi connectivity index (χ2v) is 15.7. The van der Waals surface area contributed by atoms with Crippen LogP contribution in [0.5, 0.6) is 0 Å². The van der Waals surface area contributed by atoms with Crippen LogP contribution in [0.4, 0.5) is 38.5 Å². The Labute approximate surface area is 323 Å². The fourth-order valence-corrected chi connectivity index (χ4v) is 8.45. The van der Waals surface area contributed by atoms with Crippen LogP contribution >= 0.6 is 0 Å². The highest BCUT2D eigenvalue weighted by molar-refractivity contribution is 6.01. The number of benzene rings is 8. The Kier molecular flexibility index (Phi) is 8.39. The molecular weight excluding hydrogens is 672 g/mol. The zero-order chi connectivity index (χ0) is 37.7. The maximum atomic E-state index is 16.9. The first-order valence-corrected chi connectivity index (χ1v) is 19.0. The normalized spacial score (nSPS) is 15.0. The molecule has 1 heterocycles. The van der Waals surface area contributed by atoms with E-state index in [1.54, 1.807) is 6.07 Å². The lowest BCUT2D eigenvalue weighted by atomic mass is 9.58. The van der Waals surface area contributed by atoms with Crippen LogP contribution in [-0.2, 0) is 5.41 Å². The van der Waals surface area contributed by atoms with Gasteiger partial charge in [0, 0.05) is 33.4 Å². The molecule has 0 saturated carbocycles. The van der Waals surface area contributed by atoms with Gasteiger partial charge in [-0.2, -0.15) is 0 Å². The Morgan fingerprint density at radius 1 is 0.473 bits per heavy atom. The monoisotopic (exact) mass is 714 g/mol. The molecule has 8 aromatic carbocycles. The molecule has 1 unspecified atom stereocenters. The minimum Gasteiger partial charge on any atom is -0.311 e. The molecule has 8 aromatic rings. The van der Waals surface area contributed by atoms with Crippen LogP contribution in [0, 0.1) is 11.2 Å². The minimum atomic E-state index is -0.418. The van der Waals surface area contributed by atoms with Crippen molar-refractivity contribution < 1.29 is 4.39 Å². The van der Waals surface area contributed by atoms with Crippen LogP contribution in [0.1, 0.15) is 38.8 Å².